The Hall–Kier alpha value is -2.98. The lowest BCUT2D eigenvalue weighted by Crippen LogP contribution is -2.29. The number of aryl methyl sites for hydroxylation is 3. The molecule has 34 heavy (non-hydrogen) atoms. The van der Waals surface area contributed by atoms with E-state index in [4.69, 9.17) is 9.83 Å². The van der Waals surface area contributed by atoms with E-state index in [2.05, 4.69) is 16.4 Å². The number of H-pyrrole nitrogens is 1. The third-order valence-corrected chi connectivity index (χ3v) is 8.21. The molecule has 7 heteroatoms. The highest BCUT2D eigenvalue weighted by Crippen LogP contribution is 2.36. The first kappa shape index (κ1) is 24.2. The number of rotatable bonds is 8. The van der Waals surface area contributed by atoms with Crippen LogP contribution in [0.3, 0.4) is 0 Å². The summed E-state index contributed by atoms with van der Waals surface area (Å²) in [6.07, 6.45) is 6.96. The summed E-state index contributed by atoms with van der Waals surface area (Å²) in [5, 5.41) is 12.1. The summed E-state index contributed by atoms with van der Waals surface area (Å²) >= 11 is 0. The molecule has 1 fully saturated rings. The van der Waals surface area contributed by atoms with Crippen LogP contribution in [-0.4, -0.2) is 22.8 Å². The zero-order chi connectivity index (χ0) is 24.2. The van der Waals surface area contributed by atoms with Gasteiger partial charge < -0.3 is 20.1 Å². The zero-order valence-corrected chi connectivity index (χ0v) is 21.0. The van der Waals surface area contributed by atoms with Crippen molar-refractivity contribution in [3.8, 4) is 11.3 Å². The number of nitrogens with one attached hydrogen (secondary N) is 3. The number of carbonyl (C=O) groups excluding carboxylic acids is 1. The third kappa shape index (κ3) is 5.23. The molecular weight excluding hydrogens is 445 g/mol. The normalized spacial score (nSPS) is 14.2. The van der Waals surface area contributed by atoms with Gasteiger partial charge in [-0.25, -0.2) is 0 Å². The van der Waals surface area contributed by atoms with Crippen molar-refractivity contribution in [2.75, 3.05) is 0 Å². The van der Waals surface area contributed by atoms with E-state index in [1.54, 1.807) is 0 Å². The minimum Gasteiger partial charge on any atom is -0.461 e. The third-order valence-electron chi connectivity index (χ3n) is 6.50. The first-order valence-electron chi connectivity index (χ1n) is 11.9. The Bertz CT molecular complexity index is 1270. The lowest BCUT2D eigenvalue weighted by atomic mass is 10.0. The van der Waals surface area contributed by atoms with Crippen molar-refractivity contribution in [1.82, 2.24) is 10.3 Å². The highest BCUT2D eigenvalue weighted by atomic mass is 31.1. The van der Waals surface area contributed by atoms with Gasteiger partial charge in [0.1, 0.15) is 11.5 Å². The average molecular weight is 478 g/mol. The van der Waals surface area contributed by atoms with Gasteiger partial charge in [0.25, 0.3) is 11.5 Å². The fraction of sp³-hybridized carbons (Fsp3) is 0.370. The Balaban J connectivity index is 1.70. The molecule has 2 heterocycles. The van der Waals surface area contributed by atoms with Crippen LogP contribution in [-0.2, 0) is 13.0 Å². The molecule has 0 saturated heterocycles. The number of pyridine rings is 1. The summed E-state index contributed by atoms with van der Waals surface area (Å²) < 4.78 is 5.99. The van der Waals surface area contributed by atoms with E-state index >= 15 is 0 Å². The largest absolute Gasteiger partial charge is 0.461 e. The summed E-state index contributed by atoms with van der Waals surface area (Å²) in [4.78, 5) is 28.6. The second kappa shape index (κ2) is 10.5. The van der Waals surface area contributed by atoms with Crippen LogP contribution in [0, 0.1) is 19.3 Å². The summed E-state index contributed by atoms with van der Waals surface area (Å²) in [7, 11) is 0.543. The molecule has 3 N–H and O–H groups in total. The van der Waals surface area contributed by atoms with Gasteiger partial charge >= 0.3 is 0 Å². The molecule has 1 saturated carbocycles. The van der Waals surface area contributed by atoms with Gasteiger partial charge in [0.2, 0.25) is 0 Å². The number of aromatic amines is 1. The Kier molecular flexibility index (Phi) is 7.47. The van der Waals surface area contributed by atoms with Gasteiger partial charge in [0.05, 0.1) is 0 Å². The molecule has 4 rings (SSSR count). The number of furan rings is 1. The molecule has 3 aromatic rings. The molecular formula is C27H32N3O3P. The van der Waals surface area contributed by atoms with Gasteiger partial charge in [-0.3, -0.25) is 9.59 Å². The summed E-state index contributed by atoms with van der Waals surface area (Å²) in [5.74, 6) is 1.33. The van der Waals surface area contributed by atoms with Crippen LogP contribution in [0.5, 0.6) is 0 Å². The van der Waals surface area contributed by atoms with E-state index in [9.17, 15) is 9.59 Å². The maximum atomic E-state index is 13.4. The standard InChI is InChI=1S/C27H32N3O3P/c1-4-19-9-10-24(33-19)18-12-21(22(14-28)25(13-18)34-20-7-5-6-8-20)26(31)29-15-23-16(2)11-17(3)30-27(23)32/h9-14,20,28,34H,4-8,15H2,1-3H3,(H,29,31)(H,30,32). The number of amides is 1. The molecule has 0 aliphatic heterocycles. The maximum Gasteiger partial charge on any atom is 0.253 e. The Morgan fingerprint density at radius 1 is 1.24 bits per heavy atom. The van der Waals surface area contributed by atoms with E-state index in [1.807, 2.05) is 45.0 Å². The lowest BCUT2D eigenvalue weighted by molar-refractivity contribution is 0.0950. The van der Waals surface area contributed by atoms with Crippen molar-refractivity contribution in [2.24, 2.45) is 0 Å². The number of carbonyl (C=O) groups is 1. The first-order chi connectivity index (χ1) is 16.4. The molecule has 6 nitrogen and oxygen atoms in total. The van der Waals surface area contributed by atoms with Crippen molar-refractivity contribution in [2.45, 2.75) is 65.1 Å². The number of hydrogen-bond acceptors (Lipinski definition) is 4. The van der Waals surface area contributed by atoms with Gasteiger partial charge in [0, 0.05) is 47.1 Å². The summed E-state index contributed by atoms with van der Waals surface area (Å²) in [6, 6.07) is 9.70. The van der Waals surface area contributed by atoms with Crippen LogP contribution in [0.4, 0.5) is 0 Å². The molecule has 178 valence electrons. The minimum absolute atomic E-state index is 0.128. The summed E-state index contributed by atoms with van der Waals surface area (Å²) in [6.45, 7) is 5.88. The molecule has 1 unspecified atom stereocenters. The Labute approximate surface area is 201 Å². The van der Waals surface area contributed by atoms with Crippen molar-refractivity contribution >= 4 is 26.0 Å². The zero-order valence-electron chi connectivity index (χ0n) is 20.0. The van der Waals surface area contributed by atoms with Crippen LogP contribution in [0.1, 0.15) is 71.1 Å². The van der Waals surface area contributed by atoms with Crippen LogP contribution >= 0.6 is 8.58 Å². The van der Waals surface area contributed by atoms with Crippen molar-refractivity contribution in [1.29, 1.82) is 5.41 Å². The van der Waals surface area contributed by atoms with Gasteiger partial charge in [-0.1, -0.05) is 28.3 Å². The molecule has 0 spiro atoms. The van der Waals surface area contributed by atoms with Crippen LogP contribution < -0.4 is 16.2 Å². The van der Waals surface area contributed by atoms with E-state index < -0.39 is 0 Å². The number of benzene rings is 1. The van der Waals surface area contributed by atoms with E-state index in [0.29, 0.717) is 30.9 Å². The number of hydrogen-bond donors (Lipinski definition) is 3. The van der Waals surface area contributed by atoms with Crippen molar-refractivity contribution < 1.29 is 9.21 Å². The van der Waals surface area contributed by atoms with Gasteiger partial charge in [-0.05, 0) is 73.5 Å². The minimum atomic E-state index is -0.292. The fourth-order valence-electron chi connectivity index (χ4n) is 4.64. The van der Waals surface area contributed by atoms with Gasteiger partial charge in [-0.2, -0.15) is 0 Å². The molecule has 1 aromatic carbocycles. The summed E-state index contributed by atoms with van der Waals surface area (Å²) in [5.41, 5.74) is 4.53. The molecule has 1 aliphatic rings. The van der Waals surface area contributed by atoms with Crippen molar-refractivity contribution in [3.63, 3.8) is 0 Å². The second-order valence-corrected chi connectivity index (χ2v) is 10.6. The predicted molar refractivity (Wildman–Crippen MR) is 139 cm³/mol. The highest BCUT2D eigenvalue weighted by Gasteiger charge is 2.22. The van der Waals surface area contributed by atoms with E-state index in [0.717, 1.165) is 40.1 Å². The monoisotopic (exact) mass is 477 g/mol. The maximum absolute atomic E-state index is 13.4. The fourth-order valence-corrected chi connectivity index (χ4v) is 6.37. The molecule has 0 radical (unpaired) electrons. The number of aromatic nitrogens is 1. The van der Waals surface area contributed by atoms with Gasteiger partial charge in [0.15, 0.2) is 0 Å². The highest BCUT2D eigenvalue weighted by molar-refractivity contribution is 7.48. The topological polar surface area (TPSA) is 99.0 Å². The van der Waals surface area contributed by atoms with Crippen LogP contribution in [0.15, 0.2) is 39.5 Å². The first-order valence-corrected chi connectivity index (χ1v) is 13.0. The molecule has 0 bridgehead atoms. The average Bonchev–Trinajstić information content (AvgIpc) is 3.49. The SMILES string of the molecule is CCc1ccc(-c2cc(PC3CCCC3)c(C=N)c(C(=O)NCc3c(C)cc(C)[nH]c3=O)c2)o1. The quantitative estimate of drug-likeness (QED) is 0.315. The van der Waals surface area contributed by atoms with E-state index in [1.165, 1.54) is 31.9 Å². The van der Waals surface area contributed by atoms with Crippen LogP contribution in [0.25, 0.3) is 11.3 Å². The van der Waals surface area contributed by atoms with Gasteiger partial charge in [-0.15, -0.1) is 0 Å². The molecule has 1 atom stereocenters. The lowest BCUT2D eigenvalue weighted by Gasteiger charge is -2.17. The van der Waals surface area contributed by atoms with Crippen LogP contribution in [0.2, 0.25) is 0 Å². The predicted octanol–water partition coefficient (Wildman–Crippen LogP) is 4.99. The molecule has 1 amide bonds. The second-order valence-electron chi connectivity index (χ2n) is 9.00. The van der Waals surface area contributed by atoms with Crippen molar-refractivity contribution in [3.05, 3.63) is 74.4 Å². The molecule has 2 aromatic heterocycles. The Morgan fingerprint density at radius 3 is 2.65 bits per heavy atom. The molecule has 1 aliphatic carbocycles. The Morgan fingerprint density at radius 2 is 2.00 bits per heavy atom. The smallest absolute Gasteiger partial charge is 0.253 e. The van der Waals surface area contributed by atoms with E-state index in [-0.39, 0.29) is 18.0 Å².